The van der Waals surface area contributed by atoms with Crippen molar-refractivity contribution in [3.63, 3.8) is 0 Å². The molecule has 2 amide bonds. The van der Waals surface area contributed by atoms with E-state index in [-0.39, 0.29) is 18.4 Å². The number of carbonyl (C=O) groups excluding carboxylic acids is 2. The standard InChI is InChI=1S/C23H23N3O2/c27-22(17-24-15-18-7-3-1-4-8-18)26-21-13-11-20(12-14-21)23(28)25-16-19-9-5-2-6-10-19/h1-14,24H,15-17H2,(H,25,28)(H,26,27). The molecule has 3 aromatic carbocycles. The van der Waals surface area contributed by atoms with Crippen LogP contribution in [0.1, 0.15) is 21.5 Å². The Balaban J connectivity index is 1.43. The number of benzene rings is 3. The van der Waals surface area contributed by atoms with E-state index in [9.17, 15) is 9.59 Å². The molecule has 28 heavy (non-hydrogen) atoms. The molecule has 5 heteroatoms. The predicted octanol–water partition coefficient (Wildman–Crippen LogP) is 3.34. The summed E-state index contributed by atoms with van der Waals surface area (Å²) in [5.41, 5.74) is 3.38. The van der Waals surface area contributed by atoms with Gasteiger partial charge in [0.05, 0.1) is 6.54 Å². The molecule has 0 aliphatic rings. The van der Waals surface area contributed by atoms with Gasteiger partial charge in [-0.3, -0.25) is 9.59 Å². The summed E-state index contributed by atoms with van der Waals surface area (Å²) in [6.07, 6.45) is 0. The molecule has 142 valence electrons. The molecule has 0 saturated heterocycles. The maximum Gasteiger partial charge on any atom is 0.251 e. The SMILES string of the molecule is O=C(CNCc1ccccc1)Nc1ccc(C(=O)NCc2ccccc2)cc1. The zero-order valence-corrected chi connectivity index (χ0v) is 15.5. The summed E-state index contributed by atoms with van der Waals surface area (Å²) in [6, 6.07) is 26.5. The molecule has 0 fully saturated rings. The van der Waals surface area contributed by atoms with Gasteiger partial charge in [-0.15, -0.1) is 0 Å². The van der Waals surface area contributed by atoms with Crippen molar-refractivity contribution in [3.8, 4) is 0 Å². The van der Waals surface area contributed by atoms with Crippen molar-refractivity contribution in [2.45, 2.75) is 13.1 Å². The normalized spacial score (nSPS) is 10.3. The largest absolute Gasteiger partial charge is 0.348 e. The lowest BCUT2D eigenvalue weighted by molar-refractivity contribution is -0.115. The molecule has 0 atom stereocenters. The quantitative estimate of drug-likeness (QED) is 0.567. The Morgan fingerprint density at radius 3 is 1.86 bits per heavy atom. The second-order valence-electron chi connectivity index (χ2n) is 6.38. The summed E-state index contributed by atoms with van der Waals surface area (Å²) in [4.78, 5) is 24.2. The van der Waals surface area contributed by atoms with Gasteiger partial charge in [0.1, 0.15) is 0 Å². The summed E-state index contributed by atoms with van der Waals surface area (Å²) >= 11 is 0. The lowest BCUT2D eigenvalue weighted by atomic mass is 10.1. The molecule has 0 bridgehead atoms. The first kappa shape index (κ1) is 19.3. The average Bonchev–Trinajstić information content (AvgIpc) is 2.74. The van der Waals surface area contributed by atoms with E-state index in [1.165, 1.54) is 0 Å². The van der Waals surface area contributed by atoms with Crippen LogP contribution in [-0.2, 0) is 17.9 Å². The zero-order valence-electron chi connectivity index (χ0n) is 15.5. The molecule has 0 aliphatic heterocycles. The topological polar surface area (TPSA) is 70.2 Å². The molecule has 3 N–H and O–H groups in total. The van der Waals surface area contributed by atoms with E-state index in [0.29, 0.717) is 24.3 Å². The predicted molar refractivity (Wildman–Crippen MR) is 111 cm³/mol. The van der Waals surface area contributed by atoms with Crippen molar-refractivity contribution in [1.82, 2.24) is 10.6 Å². The van der Waals surface area contributed by atoms with Gasteiger partial charge in [-0.25, -0.2) is 0 Å². The summed E-state index contributed by atoms with van der Waals surface area (Å²) < 4.78 is 0. The van der Waals surface area contributed by atoms with Gasteiger partial charge >= 0.3 is 0 Å². The summed E-state index contributed by atoms with van der Waals surface area (Å²) in [5.74, 6) is -0.275. The van der Waals surface area contributed by atoms with Crippen LogP contribution in [-0.4, -0.2) is 18.4 Å². The lowest BCUT2D eigenvalue weighted by Crippen LogP contribution is -2.27. The number of hydrogen-bond acceptors (Lipinski definition) is 3. The second-order valence-corrected chi connectivity index (χ2v) is 6.38. The van der Waals surface area contributed by atoms with Crippen LogP contribution in [0, 0.1) is 0 Å². The van der Waals surface area contributed by atoms with E-state index in [1.54, 1.807) is 24.3 Å². The summed E-state index contributed by atoms with van der Waals surface area (Å²) in [5, 5.41) is 8.81. The van der Waals surface area contributed by atoms with Crippen LogP contribution in [0.15, 0.2) is 84.9 Å². The number of amides is 2. The third-order valence-electron chi connectivity index (χ3n) is 4.18. The third kappa shape index (κ3) is 6.07. The Hall–Kier alpha value is -3.44. The Morgan fingerprint density at radius 2 is 1.25 bits per heavy atom. The molecule has 3 aromatic rings. The number of anilines is 1. The number of hydrogen-bond donors (Lipinski definition) is 3. The highest BCUT2D eigenvalue weighted by atomic mass is 16.2. The average molecular weight is 373 g/mol. The summed E-state index contributed by atoms with van der Waals surface area (Å²) in [6.45, 7) is 1.33. The first-order valence-electron chi connectivity index (χ1n) is 9.17. The van der Waals surface area contributed by atoms with Gasteiger partial charge in [-0.05, 0) is 35.4 Å². The van der Waals surface area contributed by atoms with Crippen LogP contribution in [0.25, 0.3) is 0 Å². The Morgan fingerprint density at radius 1 is 0.679 bits per heavy atom. The Labute approximate surface area is 164 Å². The van der Waals surface area contributed by atoms with Crippen LogP contribution in [0.4, 0.5) is 5.69 Å². The van der Waals surface area contributed by atoms with Gasteiger partial charge in [-0.2, -0.15) is 0 Å². The highest BCUT2D eigenvalue weighted by molar-refractivity contribution is 5.96. The molecular formula is C23H23N3O2. The van der Waals surface area contributed by atoms with Crippen molar-refractivity contribution >= 4 is 17.5 Å². The highest BCUT2D eigenvalue weighted by Gasteiger charge is 2.07. The van der Waals surface area contributed by atoms with E-state index < -0.39 is 0 Å². The first-order valence-corrected chi connectivity index (χ1v) is 9.17. The van der Waals surface area contributed by atoms with Crippen LogP contribution in [0.5, 0.6) is 0 Å². The van der Waals surface area contributed by atoms with Gasteiger partial charge in [0, 0.05) is 24.3 Å². The fourth-order valence-corrected chi connectivity index (χ4v) is 2.71. The number of rotatable bonds is 8. The van der Waals surface area contributed by atoms with Gasteiger partial charge in [0.2, 0.25) is 5.91 Å². The maximum absolute atomic E-state index is 12.2. The number of nitrogens with one attached hydrogen (secondary N) is 3. The molecule has 0 heterocycles. The Bertz CT molecular complexity index is 894. The minimum absolute atomic E-state index is 0.128. The molecule has 3 rings (SSSR count). The fraction of sp³-hybridized carbons (Fsp3) is 0.130. The zero-order chi connectivity index (χ0) is 19.6. The maximum atomic E-state index is 12.2. The summed E-state index contributed by atoms with van der Waals surface area (Å²) in [7, 11) is 0. The second kappa shape index (κ2) is 10.0. The van der Waals surface area contributed by atoms with Gasteiger partial charge < -0.3 is 16.0 Å². The van der Waals surface area contributed by atoms with Crippen molar-refractivity contribution < 1.29 is 9.59 Å². The molecule has 0 unspecified atom stereocenters. The van der Waals surface area contributed by atoms with E-state index in [1.807, 2.05) is 60.7 Å². The minimum atomic E-state index is -0.147. The van der Waals surface area contributed by atoms with E-state index in [2.05, 4.69) is 16.0 Å². The van der Waals surface area contributed by atoms with Crippen molar-refractivity contribution in [2.75, 3.05) is 11.9 Å². The Kier molecular flexibility index (Phi) is 6.93. The van der Waals surface area contributed by atoms with Crippen LogP contribution in [0.2, 0.25) is 0 Å². The molecule has 0 saturated carbocycles. The van der Waals surface area contributed by atoms with Crippen molar-refractivity contribution in [3.05, 3.63) is 102 Å². The van der Waals surface area contributed by atoms with Crippen LogP contribution < -0.4 is 16.0 Å². The van der Waals surface area contributed by atoms with E-state index in [4.69, 9.17) is 0 Å². The van der Waals surface area contributed by atoms with Gasteiger partial charge in [0.25, 0.3) is 5.91 Å². The third-order valence-corrected chi connectivity index (χ3v) is 4.18. The molecule has 0 spiro atoms. The van der Waals surface area contributed by atoms with Crippen LogP contribution in [0.3, 0.4) is 0 Å². The lowest BCUT2D eigenvalue weighted by Gasteiger charge is -2.08. The van der Waals surface area contributed by atoms with E-state index in [0.717, 1.165) is 11.1 Å². The molecule has 0 radical (unpaired) electrons. The monoisotopic (exact) mass is 373 g/mol. The van der Waals surface area contributed by atoms with Crippen molar-refractivity contribution in [2.24, 2.45) is 0 Å². The molecule has 0 aromatic heterocycles. The molecular weight excluding hydrogens is 350 g/mol. The van der Waals surface area contributed by atoms with Gasteiger partial charge in [-0.1, -0.05) is 60.7 Å². The van der Waals surface area contributed by atoms with Gasteiger partial charge in [0.15, 0.2) is 0 Å². The number of carbonyl (C=O) groups is 2. The van der Waals surface area contributed by atoms with Crippen molar-refractivity contribution in [1.29, 1.82) is 0 Å². The molecule has 5 nitrogen and oxygen atoms in total. The smallest absolute Gasteiger partial charge is 0.251 e. The minimum Gasteiger partial charge on any atom is -0.348 e. The molecule has 0 aliphatic carbocycles. The highest BCUT2D eigenvalue weighted by Crippen LogP contribution is 2.10. The van der Waals surface area contributed by atoms with Crippen LogP contribution >= 0.6 is 0 Å². The fourth-order valence-electron chi connectivity index (χ4n) is 2.71. The first-order chi connectivity index (χ1) is 13.7. The van der Waals surface area contributed by atoms with E-state index >= 15 is 0 Å².